The van der Waals surface area contributed by atoms with E-state index in [0.29, 0.717) is 16.3 Å². The smallest absolute Gasteiger partial charge is 0.416 e. The third kappa shape index (κ3) is 4.02. The number of ether oxygens (including phenoxy) is 1. The Morgan fingerprint density at radius 1 is 1.00 bits per heavy atom. The van der Waals surface area contributed by atoms with Gasteiger partial charge in [0.1, 0.15) is 11.5 Å². The second-order valence-electron chi connectivity index (χ2n) is 5.33. The number of rotatable bonds is 4. The van der Waals surface area contributed by atoms with E-state index in [1.54, 1.807) is 0 Å². The highest BCUT2D eigenvalue weighted by atomic mass is 79.9. The fourth-order valence-corrected chi connectivity index (χ4v) is 2.70. The number of aldehydes is 1. The Labute approximate surface area is 157 Å². The topological polar surface area (TPSA) is 39.4 Å². The van der Waals surface area contributed by atoms with Crippen molar-refractivity contribution in [2.75, 3.05) is 0 Å². The van der Waals surface area contributed by atoms with Gasteiger partial charge in [0.2, 0.25) is 0 Å². The molecule has 0 aliphatic heterocycles. The van der Waals surface area contributed by atoms with Gasteiger partial charge in [-0.1, -0.05) is 15.9 Å². The van der Waals surface area contributed by atoms with E-state index >= 15 is 0 Å². The summed E-state index contributed by atoms with van der Waals surface area (Å²) in [6.45, 7) is 0. The van der Waals surface area contributed by atoms with Crippen LogP contribution in [0, 0.1) is 11.6 Å². The molecule has 0 unspecified atom stereocenters. The zero-order valence-corrected chi connectivity index (χ0v) is 14.7. The van der Waals surface area contributed by atoms with Crippen molar-refractivity contribution in [1.29, 1.82) is 0 Å². The number of furan rings is 1. The number of benzene rings is 2. The van der Waals surface area contributed by atoms with Gasteiger partial charge in [0, 0.05) is 10.0 Å². The molecule has 0 atom stereocenters. The lowest BCUT2D eigenvalue weighted by Crippen LogP contribution is -2.07. The monoisotopic (exact) mass is 446 g/mol. The summed E-state index contributed by atoms with van der Waals surface area (Å²) in [5.74, 6) is -3.65. The van der Waals surface area contributed by atoms with Crippen LogP contribution in [0.4, 0.5) is 22.0 Å². The third-order valence-corrected chi connectivity index (χ3v) is 4.18. The van der Waals surface area contributed by atoms with E-state index in [0.717, 1.165) is 0 Å². The van der Waals surface area contributed by atoms with Gasteiger partial charge in [0.15, 0.2) is 29.4 Å². The lowest BCUT2D eigenvalue weighted by atomic mass is 10.1. The molecular formula is C18H8BrF5O3. The van der Waals surface area contributed by atoms with Crippen LogP contribution in [0.3, 0.4) is 0 Å². The van der Waals surface area contributed by atoms with Crippen LogP contribution in [0.1, 0.15) is 16.1 Å². The first-order chi connectivity index (χ1) is 12.7. The summed E-state index contributed by atoms with van der Waals surface area (Å²) >= 11 is 3.27. The molecule has 3 aromatic rings. The van der Waals surface area contributed by atoms with Gasteiger partial charge >= 0.3 is 6.18 Å². The van der Waals surface area contributed by atoms with Gasteiger partial charge in [-0.25, -0.2) is 8.78 Å². The van der Waals surface area contributed by atoms with Gasteiger partial charge in [0.05, 0.1) is 5.56 Å². The van der Waals surface area contributed by atoms with Crippen molar-refractivity contribution >= 4 is 22.2 Å². The molecule has 9 heteroatoms. The fraction of sp³-hybridized carbons (Fsp3) is 0.0556. The van der Waals surface area contributed by atoms with Crippen LogP contribution in [0.2, 0.25) is 0 Å². The zero-order valence-electron chi connectivity index (χ0n) is 13.1. The second-order valence-corrected chi connectivity index (χ2v) is 6.18. The average molecular weight is 447 g/mol. The molecule has 0 aliphatic rings. The summed E-state index contributed by atoms with van der Waals surface area (Å²) in [5, 5.41) is 0. The van der Waals surface area contributed by atoms with Crippen molar-refractivity contribution in [1.82, 2.24) is 0 Å². The molecule has 0 bridgehead atoms. The Morgan fingerprint density at radius 2 is 1.67 bits per heavy atom. The predicted octanol–water partition coefficient (Wildman–Crippen LogP) is 6.61. The maximum atomic E-state index is 13.9. The maximum absolute atomic E-state index is 13.9. The van der Waals surface area contributed by atoms with Gasteiger partial charge < -0.3 is 9.15 Å². The van der Waals surface area contributed by atoms with Crippen molar-refractivity contribution in [2.45, 2.75) is 6.18 Å². The van der Waals surface area contributed by atoms with E-state index < -0.39 is 29.1 Å². The van der Waals surface area contributed by atoms with Crippen molar-refractivity contribution < 1.29 is 35.9 Å². The van der Waals surface area contributed by atoms with Gasteiger partial charge in [-0.15, -0.1) is 0 Å². The molecule has 0 spiro atoms. The highest BCUT2D eigenvalue weighted by Gasteiger charge is 2.33. The molecule has 0 saturated carbocycles. The van der Waals surface area contributed by atoms with Crippen molar-refractivity contribution in [2.24, 2.45) is 0 Å². The minimum atomic E-state index is -4.89. The van der Waals surface area contributed by atoms with Gasteiger partial charge in [0.25, 0.3) is 0 Å². The fourth-order valence-electron chi connectivity index (χ4n) is 2.26. The first-order valence-corrected chi connectivity index (χ1v) is 8.07. The molecule has 0 N–H and O–H groups in total. The molecule has 0 saturated heterocycles. The SMILES string of the molecule is O=Cc1ccc(-c2cc(Oc3c(F)cc(C(F)(F)F)cc3F)ccc2Br)o1. The quantitative estimate of drug-likeness (QED) is 0.334. The molecule has 0 fully saturated rings. The molecule has 1 aromatic heterocycles. The highest BCUT2D eigenvalue weighted by Crippen LogP contribution is 2.38. The van der Waals surface area contributed by atoms with E-state index in [4.69, 9.17) is 9.15 Å². The summed E-state index contributed by atoms with van der Waals surface area (Å²) in [4.78, 5) is 10.7. The number of hydrogen-bond acceptors (Lipinski definition) is 3. The summed E-state index contributed by atoms with van der Waals surface area (Å²) in [7, 11) is 0. The molecule has 0 radical (unpaired) electrons. The molecule has 3 nitrogen and oxygen atoms in total. The maximum Gasteiger partial charge on any atom is 0.416 e. The molecule has 0 amide bonds. The molecule has 27 heavy (non-hydrogen) atoms. The highest BCUT2D eigenvalue weighted by molar-refractivity contribution is 9.10. The van der Waals surface area contributed by atoms with E-state index in [-0.39, 0.29) is 29.4 Å². The lowest BCUT2D eigenvalue weighted by Gasteiger charge is -2.12. The standard InChI is InChI=1S/C18H8BrF5O3/c19-13-3-1-10(7-12(13)16-4-2-11(8-25)26-16)27-17-14(20)5-9(6-15(17)21)18(22,23)24/h1-8H. The Bertz CT molecular complexity index is 987. The number of hydrogen-bond donors (Lipinski definition) is 0. The van der Waals surface area contributed by atoms with Crippen LogP contribution in [-0.4, -0.2) is 6.29 Å². The molecular weight excluding hydrogens is 439 g/mol. The first-order valence-electron chi connectivity index (χ1n) is 7.28. The lowest BCUT2D eigenvalue weighted by molar-refractivity contribution is -0.138. The normalized spacial score (nSPS) is 11.5. The van der Waals surface area contributed by atoms with Crippen LogP contribution in [0.5, 0.6) is 11.5 Å². The molecule has 2 aromatic carbocycles. The van der Waals surface area contributed by atoms with Crippen LogP contribution in [0.15, 0.2) is 51.4 Å². The second kappa shape index (κ2) is 7.15. The summed E-state index contributed by atoms with van der Waals surface area (Å²) in [6.07, 6.45) is -4.38. The van der Waals surface area contributed by atoms with Crippen LogP contribution in [0.25, 0.3) is 11.3 Å². The van der Waals surface area contributed by atoms with Gasteiger partial charge in [-0.2, -0.15) is 13.2 Å². The van der Waals surface area contributed by atoms with Crippen molar-refractivity contribution in [3.8, 4) is 22.8 Å². The molecule has 3 rings (SSSR count). The largest absolute Gasteiger partial charge is 0.453 e. The number of carbonyl (C=O) groups excluding carboxylic acids is 1. The molecule has 0 aliphatic carbocycles. The predicted molar refractivity (Wildman–Crippen MR) is 88.7 cm³/mol. The number of halogens is 6. The number of alkyl halides is 3. The van der Waals surface area contributed by atoms with Crippen LogP contribution >= 0.6 is 15.9 Å². The van der Waals surface area contributed by atoms with Crippen LogP contribution in [-0.2, 0) is 6.18 Å². The van der Waals surface area contributed by atoms with Crippen molar-refractivity contribution in [3.05, 3.63) is 69.9 Å². The minimum Gasteiger partial charge on any atom is -0.453 e. The van der Waals surface area contributed by atoms with Gasteiger partial charge in [-0.3, -0.25) is 4.79 Å². The summed E-state index contributed by atoms with van der Waals surface area (Å²) < 4.78 is 76.6. The average Bonchev–Trinajstić information content (AvgIpc) is 3.07. The zero-order chi connectivity index (χ0) is 19.8. The Kier molecular flexibility index (Phi) is 5.05. The van der Waals surface area contributed by atoms with Gasteiger partial charge in [-0.05, 0) is 42.5 Å². The Balaban J connectivity index is 1.97. The van der Waals surface area contributed by atoms with E-state index in [1.807, 2.05) is 0 Å². The molecule has 140 valence electrons. The van der Waals surface area contributed by atoms with Crippen molar-refractivity contribution in [3.63, 3.8) is 0 Å². The summed E-state index contributed by atoms with van der Waals surface area (Å²) in [5.41, 5.74) is -1.05. The third-order valence-electron chi connectivity index (χ3n) is 3.49. The number of carbonyl (C=O) groups is 1. The van der Waals surface area contributed by atoms with E-state index in [1.165, 1.54) is 30.3 Å². The van der Waals surface area contributed by atoms with E-state index in [9.17, 15) is 26.7 Å². The van der Waals surface area contributed by atoms with E-state index in [2.05, 4.69) is 15.9 Å². The van der Waals surface area contributed by atoms with Crippen LogP contribution < -0.4 is 4.74 Å². The molecule has 1 heterocycles. The minimum absolute atomic E-state index is 0.0465. The first kappa shape index (κ1) is 19.1. The Morgan fingerprint density at radius 3 is 2.22 bits per heavy atom. The Hall–Kier alpha value is -2.68. The summed E-state index contributed by atoms with van der Waals surface area (Å²) in [6, 6.07) is 7.45.